The van der Waals surface area contributed by atoms with Crippen molar-refractivity contribution in [2.75, 3.05) is 20.3 Å². The third kappa shape index (κ3) is 3.86. The minimum absolute atomic E-state index is 0.0398. The smallest absolute Gasteiger partial charge is 0.260 e. The van der Waals surface area contributed by atoms with E-state index in [0.29, 0.717) is 5.92 Å². The molecule has 23 heavy (non-hydrogen) atoms. The topological polar surface area (TPSA) is 49.8 Å². The Balaban J connectivity index is 1.49. The van der Waals surface area contributed by atoms with Gasteiger partial charge in [0.1, 0.15) is 5.75 Å². The highest BCUT2D eigenvalue weighted by molar-refractivity contribution is 5.77. The minimum Gasteiger partial charge on any atom is -0.484 e. The molecule has 1 fully saturated rings. The van der Waals surface area contributed by atoms with Crippen LogP contribution in [0.2, 0.25) is 0 Å². The zero-order valence-corrected chi connectivity index (χ0v) is 14.0. The molecule has 0 spiro atoms. The second kappa shape index (κ2) is 7.35. The highest BCUT2D eigenvalue weighted by atomic mass is 16.5. The summed E-state index contributed by atoms with van der Waals surface area (Å²) in [6, 6.07) is 6.47. The number of rotatable bonds is 5. The molecule has 4 nitrogen and oxygen atoms in total. The zero-order valence-electron chi connectivity index (χ0n) is 14.0. The summed E-state index contributed by atoms with van der Waals surface area (Å²) in [6.07, 6.45) is 7.47. The van der Waals surface area contributed by atoms with E-state index in [1.165, 1.54) is 17.5 Å². The van der Waals surface area contributed by atoms with Gasteiger partial charge < -0.3 is 14.7 Å². The lowest BCUT2D eigenvalue weighted by Gasteiger charge is -2.34. The highest BCUT2D eigenvalue weighted by Gasteiger charge is 2.26. The summed E-state index contributed by atoms with van der Waals surface area (Å²) in [5.41, 5.74) is 2.78. The Labute approximate surface area is 138 Å². The second-order valence-corrected chi connectivity index (χ2v) is 6.93. The zero-order chi connectivity index (χ0) is 16.2. The number of fused-ring (bicyclic) bond motifs is 1. The first-order valence-electron chi connectivity index (χ1n) is 8.78. The number of ether oxygens (including phenoxy) is 1. The van der Waals surface area contributed by atoms with E-state index >= 15 is 0 Å². The van der Waals surface area contributed by atoms with Gasteiger partial charge in [0.2, 0.25) is 0 Å². The van der Waals surface area contributed by atoms with Crippen molar-refractivity contribution in [1.29, 1.82) is 0 Å². The van der Waals surface area contributed by atoms with Crippen molar-refractivity contribution < 1.29 is 14.6 Å². The number of aliphatic hydroxyl groups is 1. The van der Waals surface area contributed by atoms with Crippen LogP contribution in [0.15, 0.2) is 18.2 Å². The van der Waals surface area contributed by atoms with Gasteiger partial charge in [0.25, 0.3) is 5.91 Å². The average molecular weight is 317 g/mol. The van der Waals surface area contributed by atoms with Gasteiger partial charge in [0.05, 0.1) is 0 Å². The normalized spacial score (nSPS) is 23.4. The monoisotopic (exact) mass is 317 g/mol. The van der Waals surface area contributed by atoms with Crippen molar-refractivity contribution in [2.45, 2.75) is 51.0 Å². The van der Waals surface area contributed by atoms with Gasteiger partial charge in [-0.25, -0.2) is 0 Å². The number of aryl methyl sites for hydroxylation is 2. The Morgan fingerprint density at radius 1 is 1.22 bits per heavy atom. The number of carbonyl (C=O) groups is 1. The first-order valence-corrected chi connectivity index (χ1v) is 8.78. The highest BCUT2D eigenvalue weighted by Crippen LogP contribution is 2.28. The number of hydrogen-bond donors (Lipinski definition) is 1. The Bertz CT molecular complexity index is 550. The summed E-state index contributed by atoms with van der Waals surface area (Å²) in [7, 11) is 1.87. The van der Waals surface area contributed by atoms with Crippen molar-refractivity contribution in [3.05, 3.63) is 29.3 Å². The van der Waals surface area contributed by atoms with Crippen molar-refractivity contribution in [3.63, 3.8) is 0 Å². The van der Waals surface area contributed by atoms with Gasteiger partial charge in [0.15, 0.2) is 6.61 Å². The molecular weight excluding hydrogens is 290 g/mol. The number of aliphatic hydroxyl groups excluding tert-OH is 1. The molecule has 126 valence electrons. The predicted octanol–water partition coefficient (Wildman–Crippen LogP) is 2.56. The van der Waals surface area contributed by atoms with Gasteiger partial charge in [-0.15, -0.1) is 0 Å². The second-order valence-electron chi connectivity index (χ2n) is 6.93. The number of hydrogen-bond acceptors (Lipinski definition) is 3. The Kier molecular flexibility index (Phi) is 5.21. The van der Waals surface area contributed by atoms with E-state index in [2.05, 4.69) is 12.1 Å². The molecule has 0 atom stereocenters. The van der Waals surface area contributed by atoms with Crippen molar-refractivity contribution in [3.8, 4) is 5.75 Å². The van der Waals surface area contributed by atoms with Crippen LogP contribution < -0.4 is 4.74 Å². The SMILES string of the molecule is CN(C(=O)COc1ccc2c(c1)CCC2)C1CCC(CO)CC1. The quantitative estimate of drug-likeness (QED) is 0.908. The number of amides is 1. The molecule has 0 unspecified atom stereocenters. The van der Waals surface area contributed by atoms with Gasteiger partial charge >= 0.3 is 0 Å². The van der Waals surface area contributed by atoms with Gasteiger partial charge in [-0.05, 0) is 74.1 Å². The van der Waals surface area contributed by atoms with Gasteiger partial charge in [-0.2, -0.15) is 0 Å². The van der Waals surface area contributed by atoms with E-state index in [1.54, 1.807) is 0 Å². The minimum atomic E-state index is 0.0398. The molecule has 1 aromatic rings. The maximum atomic E-state index is 12.4. The first kappa shape index (κ1) is 16.3. The van der Waals surface area contributed by atoms with E-state index in [9.17, 15) is 9.90 Å². The first-order chi connectivity index (χ1) is 11.2. The summed E-state index contributed by atoms with van der Waals surface area (Å²) in [5, 5.41) is 9.20. The molecular formula is C19H27NO3. The standard InChI is InChI=1S/C19H27NO3/c1-20(17-8-5-14(12-21)6-9-17)19(22)13-23-18-10-7-15-3-2-4-16(15)11-18/h7,10-11,14,17,21H,2-6,8-9,12-13H2,1H3. The molecule has 0 bridgehead atoms. The fourth-order valence-corrected chi connectivity index (χ4v) is 3.80. The molecule has 0 aliphatic heterocycles. The van der Waals surface area contributed by atoms with Crippen LogP contribution in [0.4, 0.5) is 0 Å². The van der Waals surface area contributed by atoms with Gasteiger partial charge in [-0.1, -0.05) is 6.07 Å². The van der Waals surface area contributed by atoms with E-state index in [0.717, 1.165) is 44.3 Å². The number of likely N-dealkylation sites (N-methyl/N-ethyl adjacent to an activating group) is 1. The molecule has 1 amide bonds. The number of nitrogens with zero attached hydrogens (tertiary/aromatic N) is 1. The van der Waals surface area contributed by atoms with Crippen molar-refractivity contribution in [1.82, 2.24) is 4.90 Å². The lowest BCUT2D eigenvalue weighted by atomic mass is 9.86. The summed E-state index contributed by atoms with van der Waals surface area (Å²) in [4.78, 5) is 14.2. The molecule has 4 heteroatoms. The summed E-state index contributed by atoms with van der Waals surface area (Å²) in [6.45, 7) is 0.376. The molecule has 0 saturated heterocycles. The van der Waals surface area contributed by atoms with E-state index in [1.807, 2.05) is 18.0 Å². The number of carbonyl (C=O) groups excluding carboxylic acids is 1. The van der Waals surface area contributed by atoms with Crippen molar-refractivity contribution >= 4 is 5.91 Å². The molecule has 1 aromatic carbocycles. The van der Waals surface area contributed by atoms with Crippen LogP contribution in [-0.4, -0.2) is 42.2 Å². The fraction of sp³-hybridized carbons (Fsp3) is 0.632. The van der Waals surface area contributed by atoms with E-state index < -0.39 is 0 Å². The molecule has 3 rings (SSSR count). The molecule has 2 aliphatic rings. The molecule has 2 aliphatic carbocycles. The van der Waals surface area contributed by atoms with E-state index in [-0.39, 0.29) is 25.2 Å². The van der Waals surface area contributed by atoms with Crippen LogP contribution in [-0.2, 0) is 17.6 Å². The molecule has 1 N–H and O–H groups in total. The third-order valence-corrected chi connectivity index (χ3v) is 5.45. The third-order valence-electron chi connectivity index (χ3n) is 5.45. The molecule has 0 heterocycles. The fourth-order valence-electron chi connectivity index (χ4n) is 3.80. The van der Waals surface area contributed by atoms with Crippen LogP contribution in [0, 0.1) is 5.92 Å². The van der Waals surface area contributed by atoms with Crippen molar-refractivity contribution in [2.24, 2.45) is 5.92 Å². The predicted molar refractivity (Wildman–Crippen MR) is 89.6 cm³/mol. The van der Waals surface area contributed by atoms with Crippen LogP contribution in [0.5, 0.6) is 5.75 Å². The largest absolute Gasteiger partial charge is 0.484 e. The van der Waals surface area contributed by atoms with Crippen LogP contribution >= 0.6 is 0 Å². The molecule has 1 saturated carbocycles. The summed E-state index contributed by atoms with van der Waals surface area (Å²) >= 11 is 0. The molecule has 0 aromatic heterocycles. The lowest BCUT2D eigenvalue weighted by molar-refractivity contribution is -0.135. The van der Waals surface area contributed by atoms with Gasteiger partial charge in [-0.3, -0.25) is 4.79 Å². The Hall–Kier alpha value is -1.55. The summed E-state index contributed by atoms with van der Waals surface area (Å²) < 4.78 is 5.72. The average Bonchev–Trinajstić information content (AvgIpc) is 3.06. The van der Waals surface area contributed by atoms with Crippen LogP contribution in [0.1, 0.15) is 43.2 Å². The van der Waals surface area contributed by atoms with Gasteiger partial charge in [0, 0.05) is 19.7 Å². The number of benzene rings is 1. The maximum absolute atomic E-state index is 12.4. The lowest BCUT2D eigenvalue weighted by Crippen LogP contribution is -2.42. The Morgan fingerprint density at radius 3 is 2.70 bits per heavy atom. The molecule has 0 radical (unpaired) electrons. The maximum Gasteiger partial charge on any atom is 0.260 e. The van der Waals surface area contributed by atoms with Crippen LogP contribution in [0.3, 0.4) is 0 Å². The summed E-state index contributed by atoms with van der Waals surface area (Å²) in [5.74, 6) is 1.26. The van der Waals surface area contributed by atoms with Crippen LogP contribution in [0.25, 0.3) is 0 Å². The Morgan fingerprint density at radius 2 is 1.96 bits per heavy atom. The van der Waals surface area contributed by atoms with E-state index in [4.69, 9.17) is 4.74 Å².